The maximum atomic E-state index is 11.7. The molecule has 1 aliphatic rings. The highest BCUT2D eigenvalue weighted by Crippen LogP contribution is 2.42. The number of nitrogens with one attached hydrogen (secondary N) is 1. The molecule has 0 saturated heterocycles. The van der Waals surface area contributed by atoms with Gasteiger partial charge in [-0.3, -0.25) is 4.79 Å². The summed E-state index contributed by atoms with van der Waals surface area (Å²) in [4.78, 5) is 13.5. The molecule has 0 unspecified atom stereocenters. The van der Waals surface area contributed by atoms with Crippen molar-refractivity contribution in [2.45, 2.75) is 43.9 Å². The molecule has 94 valence electrons. The molecule has 1 fully saturated rings. The number of hydrogen-bond acceptors (Lipinski definition) is 3. The third-order valence-corrected chi connectivity index (χ3v) is 5.01. The van der Waals surface area contributed by atoms with Gasteiger partial charge < -0.3 is 10.2 Å². The van der Waals surface area contributed by atoms with Gasteiger partial charge in [0.15, 0.2) is 0 Å². The highest BCUT2D eigenvalue weighted by molar-refractivity contribution is 8.00. The van der Waals surface area contributed by atoms with Crippen molar-refractivity contribution in [3.63, 3.8) is 0 Å². The van der Waals surface area contributed by atoms with Crippen molar-refractivity contribution in [1.82, 2.24) is 10.2 Å². The maximum Gasteiger partial charge on any atom is 0.236 e. The molecule has 0 radical (unpaired) electrons. The van der Waals surface area contributed by atoms with E-state index in [-0.39, 0.29) is 11.9 Å². The molecule has 16 heavy (non-hydrogen) atoms. The summed E-state index contributed by atoms with van der Waals surface area (Å²) in [5, 5.41) is 3.30. The third kappa shape index (κ3) is 3.39. The number of nitrogens with zero attached hydrogens (tertiary/aromatic N) is 1. The molecule has 4 heteroatoms. The Kier molecular flexibility index (Phi) is 5.12. The average molecular weight is 244 g/mol. The number of hydrogen-bond donors (Lipinski definition) is 1. The van der Waals surface area contributed by atoms with Crippen LogP contribution in [0.4, 0.5) is 0 Å². The van der Waals surface area contributed by atoms with Crippen LogP contribution in [0.1, 0.15) is 33.1 Å². The van der Waals surface area contributed by atoms with Gasteiger partial charge >= 0.3 is 0 Å². The van der Waals surface area contributed by atoms with Crippen molar-refractivity contribution in [3.05, 3.63) is 0 Å². The Balaban J connectivity index is 2.22. The summed E-state index contributed by atoms with van der Waals surface area (Å²) in [6.45, 7) is 5.50. The van der Waals surface area contributed by atoms with Crippen LogP contribution in [-0.4, -0.2) is 48.0 Å². The number of rotatable bonds is 6. The number of carbonyl (C=O) groups is 1. The molecule has 1 aliphatic carbocycles. The quantitative estimate of drug-likeness (QED) is 0.772. The second-order valence-corrected chi connectivity index (χ2v) is 6.22. The topological polar surface area (TPSA) is 32.3 Å². The molecular weight excluding hydrogens is 220 g/mol. The van der Waals surface area contributed by atoms with E-state index in [4.69, 9.17) is 0 Å². The summed E-state index contributed by atoms with van der Waals surface area (Å²) in [7, 11) is 1.86. The first kappa shape index (κ1) is 13.8. The van der Waals surface area contributed by atoms with Crippen LogP contribution in [0.5, 0.6) is 0 Å². The Morgan fingerprint density at radius 3 is 2.50 bits per heavy atom. The van der Waals surface area contributed by atoms with E-state index in [0.717, 1.165) is 6.54 Å². The van der Waals surface area contributed by atoms with Crippen LogP contribution in [0.3, 0.4) is 0 Å². The van der Waals surface area contributed by atoms with E-state index >= 15 is 0 Å². The minimum atomic E-state index is 0.186. The van der Waals surface area contributed by atoms with Crippen molar-refractivity contribution in [1.29, 1.82) is 0 Å². The van der Waals surface area contributed by atoms with Gasteiger partial charge in [0.25, 0.3) is 0 Å². The Bertz CT molecular complexity index is 234. The fourth-order valence-corrected chi connectivity index (χ4v) is 2.78. The number of amides is 1. The van der Waals surface area contributed by atoms with E-state index in [2.05, 4.69) is 11.6 Å². The standard InChI is InChI=1S/C12H24N2OS/c1-10(2)14(3)11(15)8-13-9-12(16-4)6-5-7-12/h10,13H,5-9H2,1-4H3. The molecule has 1 saturated carbocycles. The molecule has 0 aromatic heterocycles. The van der Waals surface area contributed by atoms with E-state index in [1.807, 2.05) is 32.7 Å². The molecule has 0 heterocycles. The minimum absolute atomic E-state index is 0.186. The van der Waals surface area contributed by atoms with Crippen molar-refractivity contribution < 1.29 is 4.79 Å². The van der Waals surface area contributed by atoms with Crippen molar-refractivity contribution in [2.24, 2.45) is 0 Å². The summed E-state index contributed by atoms with van der Waals surface area (Å²) in [6, 6.07) is 0.285. The molecule has 1 N–H and O–H groups in total. The predicted molar refractivity (Wildman–Crippen MR) is 70.9 cm³/mol. The van der Waals surface area contributed by atoms with E-state index < -0.39 is 0 Å². The smallest absolute Gasteiger partial charge is 0.236 e. The van der Waals surface area contributed by atoms with Gasteiger partial charge in [0.2, 0.25) is 5.91 Å². The van der Waals surface area contributed by atoms with Crippen LogP contribution >= 0.6 is 11.8 Å². The molecule has 0 aromatic carbocycles. The van der Waals surface area contributed by atoms with Crippen LogP contribution in [0.2, 0.25) is 0 Å². The fraction of sp³-hybridized carbons (Fsp3) is 0.917. The van der Waals surface area contributed by atoms with Gasteiger partial charge in [-0.2, -0.15) is 11.8 Å². The lowest BCUT2D eigenvalue weighted by molar-refractivity contribution is -0.130. The lowest BCUT2D eigenvalue weighted by Gasteiger charge is -2.40. The van der Waals surface area contributed by atoms with Gasteiger partial charge in [-0.1, -0.05) is 6.42 Å². The van der Waals surface area contributed by atoms with Gasteiger partial charge in [0.1, 0.15) is 0 Å². The highest BCUT2D eigenvalue weighted by Gasteiger charge is 2.35. The first-order valence-corrected chi connectivity index (χ1v) is 7.25. The highest BCUT2D eigenvalue weighted by atomic mass is 32.2. The lowest BCUT2D eigenvalue weighted by atomic mass is 9.84. The molecular formula is C12H24N2OS. The minimum Gasteiger partial charge on any atom is -0.342 e. The molecule has 0 atom stereocenters. The summed E-state index contributed by atoms with van der Waals surface area (Å²) in [6.07, 6.45) is 6.08. The van der Waals surface area contributed by atoms with Crippen LogP contribution < -0.4 is 5.32 Å². The molecule has 3 nitrogen and oxygen atoms in total. The van der Waals surface area contributed by atoms with Crippen molar-refractivity contribution >= 4 is 17.7 Å². The van der Waals surface area contributed by atoms with Gasteiger partial charge in [0, 0.05) is 24.4 Å². The Morgan fingerprint density at radius 1 is 1.50 bits per heavy atom. The van der Waals surface area contributed by atoms with Crippen LogP contribution in [0, 0.1) is 0 Å². The normalized spacial score (nSPS) is 18.3. The zero-order valence-electron chi connectivity index (χ0n) is 10.9. The van der Waals surface area contributed by atoms with Crippen LogP contribution in [0.25, 0.3) is 0 Å². The zero-order chi connectivity index (χ0) is 12.2. The first-order chi connectivity index (χ1) is 7.51. The first-order valence-electron chi connectivity index (χ1n) is 6.02. The van der Waals surface area contributed by atoms with Crippen molar-refractivity contribution in [3.8, 4) is 0 Å². The summed E-state index contributed by atoms with van der Waals surface area (Å²) in [5.41, 5.74) is 0. The second kappa shape index (κ2) is 5.92. The van der Waals surface area contributed by atoms with E-state index in [1.165, 1.54) is 19.3 Å². The van der Waals surface area contributed by atoms with E-state index in [0.29, 0.717) is 11.3 Å². The van der Waals surface area contributed by atoms with Gasteiger partial charge in [-0.15, -0.1) is 0 Å². The zero-order valence-corrected chi connectivity index (χ0v) is 11.7. The van der Waals surface area contributed by atoms with E-state index in [9.17, 15) is 4.79 Å². The molecule has 0 aliphatic heterocycles. The Labute approximate surface area is 103 Å². The molecule has 0 bridgehead atoms. The summed E-state index contributed by atoms with van der Waals surface area (Å²) in [5.74, 6) is 0.186. The molecule has 1 rings (SSSR count). The van der Waals surface area contributed by atoms with Crippen LogP contribution in [0.15, 0.2) is 0 Å². The third-order valence-electron chi connectivity index (χ3n) is 3.59. The lowest BCUT2D eigenvalue weighted by Crippen LogP contribution is -2.47. The van der Waals surface area contributed by atoms with Crippen molar-refractivity contribution in [2.75, 3.05) is 26.4 Å². The number of carbonyl (C=O) groups excluding carboxylic acids is 1. The van der Waals surface area contributed by atoms with Crippen LogP contribution in [-0.2, 0) is 4.79 Å². The predicted octanol–water partition coefficient (Wildman–Crippen LogP) is 1.73. The summed E-state index contributed by atoms with van der Waals surface area (Å²) >= 11 is 1.94. The molecule has 0 spiro atoms. The largest absolute Gasteiger partial charge is 0.342 e. The summed E-state index contributed by atoms with van der Waals surface area (Å²) < 4.78 is 0.413. The number of thioether (sulfide) groups is 1. The monoisotopic (exact) mass is 244 g/mol. The Hall–Kier alpha value is -0.220. The van der Waals surface area contributed by atoms with Gasteiger partial charge in [-0.25, -0.2) is 0 Å². The maximum absolute atomic E-state index is 11.7. The fourth-order valence-electron chi connectivity index (χ4n) is 1.83. The van der Waals surface area contributed by atoms with Gasteiger partial charge in [0.05, 0.1) is 6.54 Å². The SMILES string of the molecule is CSC1(CNCC(=O)N(C)C(C)C)CCC1. The van der Waals surface area contributed by atoms with Gasteiger partial charge in [-0.05, 0) is 32.9 Å². The second-order valence-electron chi connectivity index (χ2n) is 4.94. The molecule has 1 amide bonds. The molecule has 0 aromatic rings. The Morgan fingerprint density at radius 2 is 2.12 bits per heavy atom. The van der Waals surface area contributed by atoms with E-state index in [1.54, 1.807) is 4.90 Å². The average Bonchev–Trinajstić information content (AvgIpc) is 2.20. The number of likely N-dealkylation sites (N-methyl/N-ethyl adjacent to an activating group) is 1.